The molecule has 112 valence electrons. The van der Waals surface area contributed by atoms with E-state index in [9.17, 15) is 4.79 Å². The van der Waals surface area contributed by atoms with Crippen molar-refractivity contribution in [2.24, 2.45) is 5.73 Å². The van der Waals surface area contributed by atoms with Crippen molar-refractivity contribution in [3.8, 4) is 0 Å². The molecule has 0 bridgehead atoms. The first-order chi connectivity index (χ1) is 9.26. The fourth-order valence-corrected chi connectivity index (χ4v) is 2.81. The Kier molecular flexibility index (Phi) is 7.03. The highest BCUT2D eigenvalue weighted by molar-refractivity contribution is 5.94. The number of benzene rings is 1. The quantitative estimate of drug-likeness (QED) is 0.928. The van der Waals surface area contributed by atoms with Gasteiger partial charge in [-0.25, -0.2) is 0 Å². The lowest BCUT2D eigenvalue weighted by Crippen LogP contribution is -2.44. The summed E-state index contributed by atoms with van der Waals surface area (Å²) in [4.78, 5) is 14.6. The molecular formula is C16H25ClN2O. The number of amides is 1. The predicted molar refractivity (Wildman–Crippen MR) is 85.4 cm³/mol. The molecule has 0 aliphatic carbocycles. The van der Waals surface area contributed by atoms with Crippen LogP contribution in [-0.2, 0) is 6.42 Å². The summed E-state index contributed by atoms with van der Waals surface area (Å²) in [6.07, 6.45) is 5.34. The normalized spacial score (nSPS) is 18.5. The predicted octanol–water partition coefficient (Wildman–Crippen LogP) is 3.01. The molecule has 1 aliphatic rings. The highest BCUT2D eigenvalue weighted by Crippen LogP contribution is 2.21. The minimum atomic E-state index is 0. The summed E-state index contributed by atoms with van der Waals surface area (Å²) in [6, 6.07) is 8.34. The number of piperidine rings is 1. The molecule has 0 saturated carbocycles. The van der Waals surface area contributed by atoms with Crippen LogP contribution in [-0.4, -0.2) is 29.9 Å². The van der Waals surface area contributed by atoms with Crippen LogP contribution in [0.25, 0.3) is 0 Å². The third-order valence-electron chi connectivity index (χ3n) is 4.00. The minimum Gasteiger partial charge on any atom is -0.336 e. The second-order valence-corrected chi connectivity index (χ2v) is 5.28. The molecule has 1 atom stereocenters. The Bertz CT molecular complexity index is 417. The van der Waals surface area contributed by atoms with Crippen LogP contribution in [0.5, 0.6) is 0 Å². The minimum absolute atomic E-state index is 0. The molecule has 2 rings (SSSR count). The Morgan fingerprint density at radius 2 is 2.00 bits per heavy atom. The number of hydrogen-bond donors (Lipinski definition) is 1. The van der Waals surface area contributed by atoms with Gasteiger partial charge in [-0.1, -0.05) is 19.1 Å². The zero-order valence-electron chi connectivity index (χ0n) is 12.2. The number of halogens is 1. The maximum Gasteiger partial charge on any atom is 0.254 e. The zero-order chi connectivity index (χ0) is 13.7. The van der Waals surface area contributed by atoms with Gasteiger partial charge in [0.15, 0.2) is 0 Å². The Hall–Kier alpha value is -1.06. The summed E-state index contributed by atoms with van der Waals surface area (Å²) < 4.78 is 0. The van der Waals surface area contributed by atoms with Gasteiger partial charge < -0.3 is 10.6 Å². The lowest BCUT2D eigenvalue weighted by Gasteiger charge is -2.35. The first-order valence-electron chi connectivity index (χ1n) is 7.36. The molecule has 1 saturated heterocycles. The SMILES string of the molecule is CCc1ccc(C(=O)N2CCCCC2CCN)cc1.Cl. The zero-order valence-corrected chi connectivity index (χ0v) is 13.0. The van der Waals surface area contributed by atoms with E-state index >= 15 is 0 Å². The monoisotopic (exact) mass is 296 g/mol. The van der Waals surface area contributed by atoms with Crippen molar-refractivity contribution >= 4 is 18.3 Å². The summed E-state index contributed by atoms with van der Waals surface area (Å²) >= 11 is 0. The van der Waals surface area contributed by atoms with Gasteiger partial charge in [-0.3, -0.25) is 4.79 Å². The van der Waals surface area contributed by atoms with Crippen LogP contribution < -0.4 is 5.73 Å². The summed E-state index contributed by atoms with van der Waals surface area (Å²) in [5.41, 5.74) is 7.74. The van der Waals surface area contributed by atoms with Crippen molar-refractivity contribution < 1.29 is 4.79 Å². The molecule has 20 heavy (non-hydrogen) atoms. The molecule has 1 heterocycles. The number of carbonyl (C=O) groups excluding carboxylic acids is 1. The van der Waals surface area contributed by atoms with Gasteiger partial charge in [-0.05, 0) is 56.3 Å². The standard InChI is InChI=1S/C16H24N2O.ClH/c1-2-13-6-8-14(9-7-13)16(19)18-12-4-3-5-15(18)10-11-17;/h6-9,15H,2-5,10-12,17H2,1H3;1H. The van der Waals surface area contributed by atoms with Gasteiger partial charge in [0.1, 0.15) is 0 Å². The number of rotatable bonds is 4. The van der Waals surface area contributed by atoms with Crippen molar-refractivity contribution in [1.29, 1.82) is 0 Å². The molecular weight excluding hydrogens is 272 g/mol. The molecule has 0 spiro atoms. The molecule has 1 unspecified atom stereocenters. The van der Waals surface area contributed by atoms with Crippen molar-refractivity contribution in [1.82, 2.24) is 4.90 Å². The number of aryl methyl sites for hydroxylation is 1. The van der Waals surface area contributed by atoms with E-state index in [1.807, 2.05) is 17.0 Å². The molecule has 4 heteroatoms. The summed E-state index contributed by atoms with van der Waals surface area (Å²) in [5, 5.41) is 0. The number of nitrogens with two attached hydrogens (primary N) is 1. The number of carbonyl (C=O) groups is 1. The third kappa shape index (κ3) is 3.97. The fourth-order valence-electron chi connectivity index (χ4n) is 2.81. The van der Waals surface area contributed by atoms with Crippen molar-refractivity contribution in [3.05, 3.63) is 35.4 Å². The molecule has 1 aliphatic heterocycles. The highest BCUT2D eigenvalue weighted by atomic mass is 35.5. The van der Waals surface area contributed by atoms with Crippen LogP contribution in [0.2, 0.25) is 0 Å². The maximum absolute atomic E-state index is 12.6. The maximum atomic E-state index is 12.6. The lowest BCUT2D eigenvalue weighted by molar-refractivity contribution is 0.0605. The lowest BCUT2D eigenvalue weighted by atomic mass is 9.98. The summed E-state index contributed by atoms with van der Waals surface area (Å²) in [6.45, 7) is 3.65. The van der Waals surface area contributed by atoms with Crippen LogP contribution in [0, 0.1) is 0 Å². The Labute approximate surface area is 127 Å². The topological polar surface area (TPSA) is 46.3 Å². The smallest absolute Gasteiger partial charge is 0.254 e. The average Bonchev–Trinajstić information content (AvgIpc) is 2.47. The highest BCUT2D eigenvalue weighted by Gasteiger charge is 2.26. The largest absolute Gasteiger partial charge is 0.336 e. The molecule has 1 fully saturated rings. The van der Waals surface area contributed by atoms with E-state index in [2.05, 4.69) is 19.1 Å². The van der Waals surface area contributed by atoms with Gasteiger partial charge in [0, 0.05) is 18.2 Å². The summed E-state index contributed by atoms with van der Waals surface area (Å²) in [7, 11) is 0. The molecule has 1 aromatic rings. The van der Waals surface area contributed by atoms with Crippen molar-refractivity contribution in [2.75, 3.05) is 13.1 Å². The van der Waals surface area contributed by atoms with Gasteiger partial charge >= 0.3 is 0 Å². The van der Waals surface area contributed by atoms with Crippen molar-refractivity contribution in [3.63, 3.8) is 0 Å². The Morgan fingerprint density at radius 1 is 1.30 bits per heavy atom. The van der Waals surface area contributed by atoms with E-state index in [1.165, 1.54) is 12.0 Å². The molecule has 1 aromatic carbocycles. The van der Waals surface area contributed by atoms with Crippen LogP contribution >= 0.6 is 12.4 Å². The second-order valence-electron chi connectivity index (χ2n) is 5.28. The van der Waals surface area contributed by atoms with Crippen LogP contribution in [0.4, 0.5) is 0 Å². The van der Waals surface area contributed by atoms with Crippen LogP contribution in [0.3, 0.4) is 0 Å². The number of likely N-dealkylation sites (tertiary alicyclic amines) is 1. The van der Waals surface area contributed by atoms with Gasteiger partial charge in [0.2, 0.25) is 0 Å². The van der Waals surface area contributed by atoms with Gasteiger partial charge in [0.25, 0.3) is 5.91 Å². The first kappa shape index (κ1) is 17.0. The van der Waals surface area contributed by atoms with E-state index in [4.69, 9.17) is 5.73 Å². The second kappa shape index (κ2) is 8.28. The first-order valence-corrected chi connectivity index (χ1v) is 7.36. The molecule has 2 N–H and O–H groups in total. The van der Waals surface area contributed by atoms with Crippen LogP contribution in [0.15, 0.2) is 24.3 Å². The molecule has 1 amide bonds. The Balaban J connectivity index is 0.00000200. The van der Waals surface area contributed by atoms with Gasteiger partial charge in [-0.15, -0.1) is 12.4 Å². The number of nitrogens with zero attached hydrogens (tertiary/aromatic N) is 1. The number of hydrogen-bond acceptors (Lipinski definition) is 2. The van der Waals surface area contributed by atoms with Crippen LogP contribution in [0.1, 0.15) is 48.5 Å². The average molecular weight is 297 g/mol. The molecule has 0 aromatic heterocycles. The third-order valence-corrected chi connectivity index (χ3v) is 4.00. The van der Waals surface area contributed by atoms with E-state index in [1.54, 1.807) is 0 Å². The molecule has 3 nitrogen and oxygen atoms in total. The Morgan fingerprint density at radius 3 is 2.60 bits per heavy atom. The van der Waals surface area contributed by atoms with E-state index in [0.29, 0.717) is 12.6 Å². The van der Waals surface area contributed by atoms with E-state index in [-0.39, 0.29) is 18.3 Å². The van der Waals surface area contributed by atoms with Crippen molar-refractivity contribution in [2.45, 2.75) is 45.1 Å². The van der Waals surface area contributed by atoms with E-state index < -0.39 is 0 Å². The molecule has 0 radical (unpaired) electrons. The van der Waals surface area contributed by atoms with Gasteiger partial charge in [0.05, 0.1) is 0 Å². The fraction of sp³-hybridized carbons (Fsp3) is 0.562. The summed E-state index contributed by atoms with van der Waals surface area (Å²) in [5.74, 6) is 0.167. The van der Waals surface area contributed by atoms with E-state index in [0.717, 1.165) is 37.8 Å². The van der Waals surface area contributed by atoms with Gasteiger partial charge in [-0.2, -0.15) is 0 Å².